The number of methoxy groups -OCH3 is 1. The summed E-state index contributed by atoms with van der Waals surface area (Å²) < 4.78 is 10.5. The Kier molecular flexibility index (Phi) is 6.81. The summed E-state index contributed by atoms with van der Waals surface area (Å²) in [6, 6.07) is 0. The van der Waals surface area contributed by atoms with Gasteiger partial charge < -0.3 is 14.6 Å². The molecule has 0 radical (unpaired) electrons. The Balaban J connectivity index is 2.82. The van der Waals surface area contributed by atoms with Crippen molar-refractivity contribution < 1.29 is 19.4 Å². The molecule has 1 heterocycles. The van der Waals surface area contributed by atoms with Crippen LogP contribution in [-0.4, -0.2) is 37.0 Å². The lowest BCUT2D eigenvalue weighted by Crippen LogP contribution is -2.31. The van der Waals surface area contributed by atoms with Crippen LogP contribution in [0.1, 0.15) is 33.1 Å². The van der Waals surface area contributed by atoms with Crippen molar-refractivity contribution in [3.8, 4) is 0 Å². The Labute approximate surface area is 115 Å². The van der Waals surface area contributed by atoms with Gasteiger partial charge in [0.15, 0.2) is 0 Å². The molecule has 0 aromatic carbocycles. The molecule has 0 aromatic heterocycles. The second kappa shape index (κ2) is 8.12. The summed E-state index contributed by atoms with van der Waals surface area (Å²) in [7, 11) is 1.59. The number of allylic oxidation sites excluding steroid dienone is 1. The molecule has 1 aliphatic heterocycles. The Morgan fingerprint density at radius 3 is 2.89 bits per heavy atom. The standard InChI is InChI=1S/C15H24O4/c1-11-9-12(2)15(17)13(18-3)7-5-4-6-8-14(16)19-10-11/h5,7,9,12-13,15,17H,4,6,8,10H2,1-3H3/b7-5+,11-9-/t12-,13+,15+/m1/s1. The van der Waals surface area contributed by atoms with Crippen LogP contribution in [0.2, 0.25) is 0 Å². The van der Waals surface area contributed by atoms with E-state index in [9.17, 15) is 9.90 Å². The summed E-state index contributed by atoms with van der Waals surface area (Å²) in [6.07, 6.45) is 6.77. The predicted molar refractivity (Wildman–Crippen MR) is 73.7 cm³/mol. The zero-order valence-corrected chi connectivity index (χ0v) is 12.0. The van der Waals surface area contributed by atoms with Crippen LogP contribution in [0.4, 0.5) is 0 Å². The number of hydrogen-bond acceptors (Lipinski definition) is 4. The fraction of sp³-hybridized carbons (Fsp3) is 0.667. The van der Waals surface area contributed by atoms with Crippen molar-refractivity contribution in [1.82, 2.24) is 0 Å². The van der Waals surface area contributed by atoms with Crippen molar-refractivity contribution in [3.63, 3.8) is 0 Å². The van der Waals surface area contributed by atoms with Crippen molar-refractivity contribution in [3.05, 3.63) is 23.8 Å². The molecule has 4 heteroatoms. The number of ether oxygens (including phenoxy) is 2. The highest BCUT2D eigenvalue weighted by molar-refractivity contribution is 5.69. The van der Waals surface area contributed by atoms with Gasteiger partial charge in [0.1, 0.15) is 12.7 Å². The van der Waals surface area contributed by atoms with E-state index in [1.165, 1.54) is 0 Å². The summed E-state index contributed by atoms with van der Waals surface area (Å²) in [5.41, 5.74) is 0.943. The van der Waals surface area contributed by atoms with Crippen LogP contribution in [0, 0.1) is 5.92 Å². The summed E-state index contributed by atoms with van der Waals surface area (Å²) in [4.78, 5) is 11.4. The van der Waals surface area contributed by atoms with E-state index in [2.05, 4.69) is 0 Å². The molecule has 0 saturated carbocycles. The van der Waals surface area contributed by atoms with E-state index in [0.29, 0.717) is 13.0 Å². The van der Waals surface area contributed by atoms with Gasteiger partial charge in [-0.25, -0.2) is 0 Å². The van der Waals surface area contributed by atoms with Gasteiger partial charge in [0.25, 0.3) is 0 Å². The van der Waals surface area contributed by atoms with Crippen molar-refractivity contribution in [2.45, 2.75) is 45.3 Å². The third-order valence-corrected chi connectivity index (χ3v) is 3.23. The van der Waals surface area contributed by atoms with Crippen LogP contribution in [0.15, 0.2) is 23.8 Å². The second-order valence-corrected chi connectivity index (χ2v) is 5.04. The number of carbonyl (C=O) groups excluding carboxylic acids is 1. The zero-order chi connectivity index (χ0) is 14.3. The second-order valence-electron chi connectivity index (χ2n) is 5.04. The molecular formula is C15H24O4. The highest BCUT2D eigenvalue weighted by Crippen LogP contribution is 2.16. The van der Waals surface area contributed by atoms with Gasteiger partial charge in [0.05, 0.1) is 6.10 Å². The first-order valence-electron chi connectivity index (χ1n) is 6.75. The Morgan fingerprint density at radius 2 is 2.21 bits per heavy atom. The largest absolute Gasteiger partial charge is 0.461 e. The van der Waals surface area contributed by atoms with Gasteiger partial charge in [-0.1, -0.05) is 25.2 Å². The summed E-state index contributed by atoms with van der Waals surface area (Å²) in [5.74, 6) is -0.231. The zero-order valence-electron chi connectivity index (χ0n) is 12.0. The van der Waals surface area contributed by atoms with Gasteiger partial charge in [0.2, 0.25) is 0 Å². The molecule has 1 aliphatic rings. The highest BCUT2D eigenvalue weighted by Gasteiger charge is 2.21. The van der Waals surface area contributed by atoms with E-state index in [1.54, 1.807) is 7.11 Å². The third-order valence-electron chi connectivity index (χ3n) is 3.23. The number of aliphatic hydroxyl groups excluding tert-OH is 1. The van der Waals surface area contributed by atoms with E-state index in [0.717, 1.165) is 18.4 Å². The molecule has 0 spiro atoms. The minimum Gasteiger partial charge on any atom is -0.461 e. The molecule has 0 amide bonds. The molecular weight excluding hydrogens is 244 g/mol. The van der Waals surface area contributed by atoms with Gasteiger partial charge in [-0.15, -0.1) is 0 Å². The van der Waals surface area contributed by atoms with E-state index in [4.69, 9.17) is 9.47 Å². The monoisotopic (exact) mass is 268 g/mol. The lowest BCUT2D eigenvalue weighted by molar-refractivity contribution is -0.142. The Hall–Kier alpha value is -1.13. The van der Waals surface area contributed by atoms with Gasteiger partial charge in [-0.3, -0.25) is 4.79 Å². The summed E-state index contributed by atoms with van der Waals surface area (Å²) in [5, 5.41) is 10.2. The smallest absolute Gasteiger partial charge is 0.306 e. The fourth-order valence-corrected chi connectivity index (χ4v) is 2.09. The number of aliphatic hydroxyl groups is 1. The molecule has 3 atom stereocenters. The number of esters is 1. The van der Waals surface area contributed by atoms with Gasteiger partial charge in [-0.05, 0) is 25.3 Å². The molecule has 1 rings (SSSR count). The average molecular weight is 268 g/mol. The maximum atomic E-state index is 11.4. The highest BCUT2D eigenvalue weighted by atomic mass is 16.5. The molecule has 108 valence electrons. The number of hydrogen-bond donors (Lipinski definition) is 1. The van der Waals surface area contributed by atoms with Crippen LogP contribution in [-0.2, 0) is 14.3 Å². The van der Waals surface area contributed by atoms with E-state index >= 15 is 0 Å². The quantitative estimate of drug-likeness (QED) is 0.585. The van der Waals surface area contributed by atoms with Crippen LogP contribution < -0.4 is 0 Å². The first-order chi connectivity index (χ1) is 9.04. The SMILES string of the molecule is CO[C@H]1/C=C/CCCC(=O)OC/C(C)=C\[C@@H](C)[C@@H]1O. The predicted octanol–water partition coefficient (Wildman–Crippen LogP) is 2.23. The van der Waals surface area contributed by atoms with Crippen LogP contribution in [0.5, 0.6) is 0 Å². The molecule has 0 aromatic rings. The molecule has 19 heavy (non-hydrogen) atoms. The molecule has 4 nitrogen and oxygen atoms in total. The number of carbonyl (C=O) groups is 1. The Bertz CT molecular complexity index is 346. The van der Waals surface area contributed by atoms with E-state index < -0.39 is 6.10 Å². The minimum atomic E-state index is -0.604. The fourth-order valence-electron chi connectivity index (χ4n) is 2.09. The summed E-state index contributed by atoms with van der Waals surface area (Å²) in [6.45, 7) is 4.12. The van der Waals surface area contributed by atoms with Crippen molar-refractivity contribution in [2.24, 2.45) is 5.92 Å². The van der Waals surface area contributed by atoms with Gasteiger partial charge in [-0.2, -0.15) is 0 Å². The molecule has 0 saturated heterocycles. The maximum Gasteiger partial charge on any atom is 0.306 e. The first kappa shape index (κ1) is 15.9. The van der Waals surface area contributed by atoms with Crippen molar-refractivity contribution in [2.75, 3.05) is 13.7 Å². The molecule has 0 bridgehead atoms. The topological polar surface area (TPSA) is 55.8 Å². The first-order valence-corrected chi connectivity index (χ1v) is 6.75. The third kappa shape index (κ3) is 5.57. The normalized spacial score (nSPS) is 35.1. The van der Waals surface area contributed by atoms with Crippen LogP contribution in [0.25, 0.3) is 0 Å². The molecule has 0 aliphatic carbocycles. The molecule has 0 unspecified atom stereocenters. The average Bonchev–Trinajstić information content (AvgIpc) is 2.39. The Morgan fingerprint density at radius 1 is 1.47 bits per heavy atom. The van der Waals surface area contributed by atoms with Crippen molar-refractivity contribution >= 4 is 5.97 Å². The lowest BCUT2D eigenvalue weighted by atomic mass is 9.97. The van der Waals surface area contributed by atoms with E-state index in [-0.39, 0.29) is 18.0 Å². The van der Waals surface area contributed by atoms with Crippen molar-refractivity contribution in [1.29, 1.82) is 0 Å². The van der Waals surface area contributed by atoms with Gasteiger partial charge >= 0.3 is 5.97 Å². The maximum absolute atomic E-state index is 11.4. The van der Waals surface area contributed by atoms with Crippen LogP contribution >= 0.6 is 0 Å². The van der Waals surface area contributed by atoms with Crippen LogP contribution in [0.3, 0.4) is 0 Å². The minimum absolute atomic E-state index is 0.0611. The number of cyclic esters (lactones) is 1. The molecule has 1 N–H and O–H groups in total. The molecule has 0 fully saturated rings. The lowest BCUT2D eigenvalue weighted by Gasteiger charge is -2.23. The van der Waals surface area contributed by atoms with Gasteiger partial charge in [0, 0.05) is 19.4 Å². The number of rotatable bonds is 1. The van der Waals surface area contributed by atoms with E-state index in [1.807, 2.05) is 32.1 Å². The summed E-state index contributed by atoms with van der Waals surface area (Å²) >= 11 is 0.